The van der Waals surface area contributed by atoms with Crippen molar-refractivity contribution in [2.45, 2.75) is 19.8 Å². The number of rotatable bonds is 3. The van der Waals surface area contributed by atoms with E-state index in [0.717, 1.165) is 6.67 Å². The minimum Gasteiger partial charge on any atom is -0.473 e. The van der Waals surface area contributed by atoms with Crippen LogP contribution >= 0.6 is 0 Å². The third-order valence-electron chi connectivity index (χ3n) is 1.92. The molecule has 0 saturated heterocycles. The van der Waals surface area contributed by atoms with Crippen molar-refractivity contribution in [3.8, 4) is 0 Å². The molecule has 0 spiro atoms. The van der Waals surface area contributed by atoms with Gasteiger partial charge in [-0.3, -0.25) is 0 Å². The molecular weight excluding hydrogens is 212 g/mol. The van der Waals surface area contributed by atoms with Gasteiger partial charge in [0.2, 0.25) is 0 Å². The second kappa shape index (κ2) is 7.56. The van der Waals surface area contributed by atoms with Gasteiger partial charge in [0.15, 0.2) is 0 Å². The van der Waals surface area contributed by atoms with E-state index in [-0.39, 0.29) is 0 Å². The Balaban J connectivity index is 0.000000325. The zero-order valence-corrected chi connectivity index (χ0v) is 9.59. The molecule has 1 aliphatic rings. The third kappa shape index (κ3) is 6.69. The normalized spacial score (nSPS) is 13.4. The first kappa shape index (κ1) is 14.3. The van der Waals surface area contributed by atoms with Crippen molar-refractivity contribution in [3.63, 3.8) is 0 Å². The summed E-state index contributed by atoms with van der Waals surface area (Å²) in [4.78, 5) is 22.7. The lowest BCUT2D eigenvalue weighted by atomic mass is 10.3. The first-order valence-electron chi connectivity index (χ1n) is 5.06. The molecule has 0 fully saturated rings. The summed E-state index contributed by atoms with van der Waals surface area (Å²) in [7, 11) is 2.10. The van der Waals surface area contributed by atoms with Crippen molar-refractivity contribution >= 4 is 11.9 Å². The van der Waals surface area contributed by atoms with Crippen LogP contribution in [0.1, 0.15) is 19.8 Å². The summed E-state index contributed by atoms with van der Waals surface area (Å²) in [5.74, 6) is -3.65. The van der Waals surface area contributed by atoms with Gasteiger partial charge in [0.1, 0.15) is 0 Å². The van der Waals surface area contributed by atoms with Crippen molar-refractivity contribution in [1.29, 1.82) is 0 Å². The summed E-state index contributed by atoms with van der Waals surface area (Å²) in [6.07, 6.45) is 6.87. The van der Waals surface area contributed by atoms with Gasteiger partial charge in [-0.05, 0) is 6.42 Å². The molecule has 0 saturated carbocycles. The Kier molecular flexibility index (Phi) is 6.74. The van der Waals surface area contributed by atoms with Gasteiger partial charge in [-0.25, -0.2) is 9.59 Å². The molecule has 0 atom stereocenters. The van der Waals surface area contributed by atoms with Gasteiger partial charge < -0.3 is 20.0 Å². The number of hydrogen-bond acceptors (Lipinski definition) is 4. The highest BCUT2D eigenvalue weighted by molar-refractivity contribution is 6.27. The molecule has 0 amide bonds. The summed E-state index contributed by atoms with van der Waals surface area (Å²) >= 11 is 0. The zero-order valence-electron chi connectivity index (χ0n) is 9.59. The van der Waals surface area contributed by atoms with Crippen LogP contribution in [0, 0.1) is 0 Å². The maximum Gasteiger partial charge on any atom is 0.414 e. The summed E-state index contributed by atoms with van der Waals surface area (Å²) in [5.41, 5.74) is 0. The summed E-state index contributed by atoms with van der Waals surface area (Å²) in [6.45, 7) is 4.50. The Morgan fingerprint density at radius 1 is 1.25 bits per heavy atom. The topological polar surface area (TPSA) is 81.1 Å². The van der Waals surface area contributed by atoms with E-state index in [2.05, 4.69) is 36.2 Å². The van der Waals surface area contributed by atoms with Crippen LogP contribution in [0.4, 0.5) is 0 Å². The van der Waals surface area contributed by atoms with E-state index in [1.807, 2.05) is 0 Å². The molecule has 0 aromatic carbocycles. The minimum atomic E-state index is -1.82. The molecule has 1 aliphatic heterocycles. The summed E-state index contributed by atoms with van der Waals surface area (Å²) in [6, 6.07) is 0. The van der Waals surface area contributed by atoms with Gasteiger partial charge in [0.05, 0.1) is 6.67 Å². The molecule has 92 valence electrons. The highest BCUT2D eigenvalue weighted by Crippen LogP contribution is 2.04. The molecule has 1 heterocycles. The van der Waals surface area contributed by atoms with Crippen LogP contribution in [-0.2, 0) is 9.59 Å². The molecular formula is C10H18N2O4. The molecule has 2 N–H and O–H groups in total. The van der Waals surface area contributed by atoms with Crippen molar-refractivity contribution < 1.29 is 19.8 Å². The molecule has 6 nitrogen and oxygen atoms in total. The fourth-order valence-electron chi connectivity index (χ4n) is 1.10. The third-order valence-corrected chi connectivity index (χ3v) is 1.92. The first-order chi connectivity index (χ1) is 7.47. The SMILES string of the molecule is CCCCN1C=CN(C)C1.O=C(O)C(=O)O. The molecule has 1 rings (SSSR count). The van der Waals surface area contributed by atoms with E-state index in [9.17, 15) is 0 Å². The lowest BCUT2D eigenvalue weighted by Crippen LogP contribution is -2.23. The lowest BCUT2D eigenvalue weighted by molar-refractivity contribution is -0.159. The molecule has 0 bridgehead atoms. The van der Waals surface area contributed by atoms with Crippen LogP contribution in [0.5, 0.6) is 0 Å². The van der Waals surface area contributed by atoms with E-state index in [1.165, 1.54) is 19.4 Å². The molecule has 0 aromatic heterocycles. The van der Waals surface area contributed by atoms with Gasteiger partial charge in [-0.2, -0.15) is 0 Å². The molecule has 6 heteroatoms. The van der Waals surface area contributed by atoms with E-state index in [1.54, 1.807) is 0 Å². The van der Waals surface area contributed by atoms with Crippen LogP contribution < -0.4 is 0 Å². The van der Waals surface area contributed by atoms with E-state index >= 15 is 0 Å². The molecule has 16 heavy (non-hydrogen) atoms. The number of carbonyl (C=O) groups is 2. The van der Waals surface area contributed by atoms with Crippen molar-refractivity contribution in [1.82, 2.24) is 9.80 Å². The number of aliphatic carboxylic acids is 2. The van der Waals surface area contributed by atoms with Crippen molar-refractivity contribution in [2.75, 3.05) is 20.3 Å². The van der Waals surface area contributed by atoms with Crippen LogP contribution in [0.15, 0.2) is 12.4 Å². The maximum atomic E-state index is 9.10. The summed E-state index contributed by atoms with van der Waals surface area (Å²) < 4.78 is 0. The fourth-order valence-corrected chi connectivity index (χ4v) is 1.10. The summed E-state index contributed by atoms with van der Waals surface area (Å²) in [5, 5.41) is 14.8. The number of unbranched alkanes of at least 4 members (excludes halogenated alkanes) is 1. The number of carboxylic acid groups (broad SMARTS) is 2. The van der Waals surface area contributed by atoms with Crippen LogP contribution in [-0.4, -0.2) is 52.2 Å². The van der Waals surface area contributed by atoms with Gasteiger partial charge in [0, 0.05) is 26.0 Å². The van der Waals surface area contributed by atoms with Crippen LogP contribution in [0.2, 0.25) is 0 Å². The van der Waals surface area contributed by atoms with E-state index in [4.69, 9.17) is 19.8 Å². The first-order valence-corrected chi connectivity index (χ1v) is 5.06. The van der Waals surface area contributed by atoms with Gasteiger partial charge in [0.25, 0.3) is 0 Å². The van der Waals surface area contributed by atoms with E-state index < -0.39 is 11.9 Å². The van der Waals surface area contributed by atoms with Crippen molar-refractivity contribution in [2.24, 2.45) is 0 Å². The minimum absolute atomic E-state index is 1.07. The van der Waals surface area contributed by atoms with Gasteiger partial charge >= 0.3 is 11.9 Å². The molecule has 0 unspecified atom stereocenters. The second-order valence-electron chi connectivity index (χ2n) is 3.47. The zero-order chi connectivity index (χ0) is 12.6. The lowest BCUT2D eigenvalue weighted by Gasteiger charge is -2.17. The predicted octanol–water partition coefficient (Wildman–Crippen LogP) is 0.618. The number of nitrogens with zero attached hydrogens (tertiary/aromatic N) is 2. The highest BCUT2D eigenvalue weighted by atomic mass is 16.4. The predicted molar refractivity (Wildman–Crippen MR) is 58.7 cm³/mol. The smallest absolute Gasteiger partial charge is 0.414 e. The number of hydrogen-bond donors (Lipinski definition) is 2. The molecule has 0 radical (unpaired) electrons. The van der Waals surface area contributed by atoms with Crippen LogP contribution in [0.25, 0.3) is 0 Å². The average molecular weight is 230 g/mol. The Morgan fingerprint density at radius 3 is 2.12 bits per heavy atom. The second-order valence-corrected chi connectivity index (χ2v) is 3.47. The average Bonchev–Trinajstić information content (AvgIpc) is 2.62. The largest absolute Gasteiger partial charge is 0.473 e. The quantitative estimate of drug-likeness (QED) is 0.692. The van der Waals surface area contributed by atoms with Crippen molar-refractivity contribution in [3.05, 3.63) is 12.4 Å². The number of carboxylic acids is 2. The van der Waals surface area contributed by atoms with Gasteiger partial charge in [-0.15, -0.1) is 0 Å². The monoisotopic (exact) mass is 230 g/mol. The Morgan fingerprint density at radius 2 is 1.81 bits per heavy atom. The Labute approximate surface area is 94.8 Å². The highest BCUT2D eigenvalue weighted by Gasteiger charge is 2.05. The standard InChI is InChI=1S/C8H16N2.C2H2O4/c1-3-4-5-10-7-6-9(2)8-10;3-1(4)2(5)6/h6-7H,3-5,8H2,1-2H3;(H,3,4)(H,5,6). The Hall–Kier alpha value is -1.72. The molecule has 0 aromatic rings. The van der Waals surface area contributed by atoms with E-state index in [0.29, 0.717) is 0 Å². The fraction of sp³-hybridized carbons (Fsp3) is 0.600. The molecule has 0 aliphatic carbocycles. The van der Waals surface area contributed by atoms with Gasteiger partial charge in [-0.1, -0.05) is 13.3 Å². The van der Waals surface area contributed by atoms with Crippen LogP contribution in [0.3, 0.4) is 0 Å². The Bertz CT molecular complexity index is 254. The maximum absolute atomic E-state index is 9.10.